The summed E-state index contributed by atoms with van der Waals surface area (Å²) in [5, 5.41) is 3.61. The Hall–Kier alpha value is -3.08. The van der Waals surface area contributed by atoms with Crippen LogP contribution in [-0.4, -0.2) is 17.5 Å². The quantitative estimate of drug-likeness (QED) is 0.636. The minimum Gasteiger partial charge on any atom is -0.492 e. The zero-order valence-corrected chi connectivity index (χ0v) is 16.6. The Morgan fingerprint density at radius 2 is 1.93 bits per heavy atom. The molecule has 2 N–H and O–H groups in total. The van der Waals surface area contributed by atoms with E-state index in [0.29, 0.717) is 42.7 Å². The maximum Gasteiger partial charge on any atom is 0.224 e. The van der Waals surface area contributed by atoms with Crippen LogP contribution in [0.3, 0.4) is 0 Å². The molecule has 3 aromatic rings. The molecule has 0 aliphatic rings. The number of aromatic nitrogens is 1. The van der Waals surface area contributed by atoms with Crippen LogP contribution in [0.2, 0.25) is 0 Å². The molecule has 0 saturated carbocycles. The van der Waals surface area contributed by atoms with Gasteiger partial charge in [-0.25, -0.2) is 0 Å². The first-order chi connectivity index (χ1) is 13.5. The molecule has 1 aromatic heterocycles. The number of ether oxygens (including phenoxy) is 1. The van der Waals surface area contributed by atoms with Gasteiger partial charge in [0.15, 0.2) is 5.43 Å². The van der Waals surface area contributed by atoms with Gasteiger partial charge in [-0.15, -0.1) is 0 Å². The summed E-state index contributed by atoms with van der Waals surface area (Å²) in [6, 6.07) is 12.9. The van der Waals surface area contributed by atoms with Crippen LogP contribution in [0.1, 0.15) is 36.6 Å². The van der Waals surface area contributed by atoms with Crippen LogP contribution < -0.4 is 15.5 Å². The van der Waals surface area contributed by atoms with E-state index >= 15 is 0 Å². The van der Waals surface area contributed by atoms with Crippen LogP contribution in [0.4, 0.5) is 5.69 Å². The van der Waals surface area contributed by atoms with Crippen molar-refractivity contribution in [3.63, 3.8) is 0 Å². The third-order valence-corrected chi connectivity index (χ3v) is 4.90. The lowest BCUT2D eigenvalue weighted by atomic mass is 10.0. The smallest absolute Gasteiger partial charge is 0.224 e. The monoisotopic (exact) mass is 378 g/mol. The lowest BCUT2D eigenvalue weighted by Crippen LogP contribution is -2.13. The van der Waals surface area contributed by atoms with Gasteiger partial charge in [-0.1, -0.05) is 18.2 Å². The molecule has 0 fully saturated rings. The highest BCUT2D eigenvalue weighted by Crippen LogP contribution is 2.24. The topological polar surface area (TPSA) is 71.2 Å². The Kier molecular flexibility index (Phi) is 6.14. The van der Waals surface area contributed by atoms with Crippen molar-refractivity contribution in [3.05, 3.63) is 69.5 Å². The summed E-state index contributed by atoms with van der Waals surface area (Å²) in [5.74, 6) is 0.602. The summed E-state index contributed by atoms with van der Waals surface area (Å²) in [7, 11) is 0. The minimum atomic E-state index is -0.0673. The fraction of sp³-hybridized carbons (Fsp3) is 0.304. The molecule has 0 aliphatic heterocycles. The van der Waals surface area contributed by atoms with E-state index in [1.54, 1.807) is 6.07 Å². The Balaban J connectivity index is 1.64. The van der Waals surface area contributed by atoms with E-state index in [1.165, 1.54) is 0 Å². The van der Waals surface area contributed by atoms with Crippen LogP contribution in [0.25, 0.3) is 10.9 Å². The summed E-state index contributed by atoms with van der Waals surface area (Å²) < 4.78 is 5.53. The number of nitrogens with one attached hydrogen (secondary N) is 2. The molecule has 5 heteroatoms. The summed E-state index contributed by atoms with van der Waals surface area (Å²) in [6.45, 7) is 6.50. The molecular weight excluding hydrogens is 352 g/mol. The number of carbonyl (C=O) groups excluding carboxylic acids is 1. The molecule has 2 aromatic carbocycles. The number of fused-ring (bicyclic) bond motifs is 1. The first kappa shape index (κ1) is 19.7. The van der Waals surface area contributed by atoms with Crippen molar-refractivity contribution in [3.8, 4) is 5.75 Å². The summed E-state index contributed by atoms with van der Waals surface area (Å²) in [4.78, 5) is 28.1. The van der Waals surface area contributed by atoms with Gasteiger partial charge < -0.3 is 15.0 Å². The highest BCUT2D eigenvalue weighted by molar-refractivity contribution is 5.92. The third kappa shape index (κ3) is 4.42. The number of anilines is 1. The number of hydrogen-bond donors (Lipinski definition) is 2. The van der Waals surface area contributed by atoms with Crippen molar-refractivity contribution in [1.29, 1.82) is 0 Å². The predicted octanol–water partition coefficient (Wildman–Crippen LogP) is 4.51. The van der Waals surface area contributed by atoms with Crippen molar-refractivity contribution >= 4 is 22.5 Å². The van der Waals surface area contributed by atoms with Gasteiger partial charge in [-0.3, -0.25) is 9.59 Å². The SMILES string of the molecule is CCOc1ccccc1NC(=O)CCCc1cc(=O)c2ccc(C)c(C)c2[nH]1. The first-order valence-electron chi connectivity index (χ1n) is 9.63. The van der Waals surface area contributed by atoms with Crippen LogP contribution in [-0.2, 0) is 11.2 Å². The molecular formula is C23H26N2O3. The summed E-state index contributed by atoms with van der Waals surface area (Å²) in [6.07, 6.45) is 1.65. The van der Waals surface area contributed by atoms with Gasteiger partial charge in [0, 0.05) is 23.6 Å². The van der Waals surface area contributed by atoms with E-state index in [1.807, 2.05) is 57.2 Å². The number of pyridine rings is 1. The van der Waals surface area contributed by atoms with Crippen molar-refractivity contribution < 1.29 is 9.53 Å². The average molecular weight is 378 g/mol. The molecule has 1 heterocycles. The molecule has 0 unspecified atom stereocenters. The number of hydrogen-bond acceptors (Lipinski definition) is 3. The van der Waals surface area contributed by atoms with Gasteiger partial charge in [0.25, 0.3) is 0 Å². The largest absolute Gasteiger partial charge is 0.492 e. The number of aryl methyl sites for hydroxylation is 3. The number of benzene rings is 2. The Labute approximate surface area is 164 Å². The van der Waals surface area contributed by atoms with Gasteiger partial charge in [0.1, 0.15) is 5.75 Å². The number of carbonyl (C=O) groups is 1. The number of para-hydroxylation sites is 2. The Morgan fingerprint density at radius 3 is 2.71 bits per heavy atom. The maximum absolute atomic E-state index is 12.4. The fourth-order valence-corrected chi connectivity index (χ4v) is 3.25. The predicted molar refractivity (Wildman–Crippen MR) is 113 cm³/mol. The number of aromatic amines is 1. The van der Waals surface area contributed by atoms with Gasteiger partial charge in [0.2, 0.25) is 5.91 Å². The molecule has 0 spiro atoms. The summed E-state index contributed by atoms with van der Waals surface area (Å²) >= 11 is 0. The van der Waals surface area contributed by atoms with Crippen molar-refractivity contribution in [2.75, 3.05) is 11.9 Å². The van der Waals surface area contributed by atoms with Gasteiger partial charge >= 0.3 is 0 Å². The molecule has 146 valence electrons. The molecule has 0 aliphatic carbocycles. The zero-order valence-electron chi connectivity index (χ0n) is 16.6. The molecule has 3 rings (SSSR count). The Bertz CT molecular complexity index is 1050. The maximum atomic E-state index is 12.4. The van der Waals surface area contributed by atoms with Crippen molar-refractivity contribution in [2.24, 2.45) is 0 Å². The highest BCUT2D eigenvalue weighted by atomic mass is 16.5. The normalized spacial score (nSPS) is 10.8. The number of amides is 1. The molecule has 28 heavy (non-hydrogen) atoms. The van der Waals surface area contributed by atoms with Crippen LogP contribution in [0.5, 0.6) is 5.75 Å². The van der Waals surface area contributed by atoms with E-state index in [2.05, 4.69) is 10.3 Å². The van der Waals surface area contributed by atoms with Crippen molar-refractivity contribution in [2.45, 2.75) is 40.0 Å². The molecule has 0 radical (unpaired) electrons. The van der Waals surface area contributed by atoms with Crippen LogP contribution in [0.15, 0.2) is 47.3 Å². The second-order valence-corrected chi connectivity index (χ2v) is 6.92. The summed E-state index contributed by atoms with van der Waals surface area (Å²) in [5.41, 5.74) is 4.67. The van der Waals surface area contributed by atoms with E-state index in [9.17, 15) is 9.59 Å². The molecule has 1 amide bonds. The average Bonchev–Trinajstić information content (AvgIpc) is 2.67. The minimum absolute atomic E-state index is 0.0157. The fourth-order valence-electron chi connectivity index (χ4n) is 3.25. The highest BCUT2D eigenvalue weighted by Gasteiger charge is 2.09. The molecule has 5 nitrogen and oxygen atoms in total. The molecule has 0 bridgehead atoms. The van der Waals surface area contributed by atoms with Gasteiger partial charge in [-0.2, -0.15) is 0 Å². The lowest BCUT2D eigenvalue weighted by molar-refractivity contribution is -0.116. The van der Waals surface area contributed by atoms with E-state index in [4.69, 9.17) is 4.74 Å². The lowest BCUT2D eigenvalue weighted by Gasteiger charge is -2.11. The van der Waals surface area contributed by atoms with Crippen LogP contribution >= 0.6 is 0 Å². The number of rotatable bonds is 7. The third-order valence-electron chi connectivity index (χ3n) is 4.90. The second-order valence-electron chi connectivity index (χ2n) is 6.92. The molecule has 0 saturated heterocycles. The van der Waals surface area contributed by atoms with E-state index in [-0.39, 0.29) is 11.3 Å². The Morgan fingerprint density at radius 1 is 1.14 bits per heavy atom. The molecule has 0 atom stereocenters. The zero-order chi connectivity index (χ0) is 20.1. The number of H-pyrrole nitrogens is 1. The second kappa shape index (κ2) is 8.74. The van der Waals surface area contributed by atoms with Crippen molar-refractivity contribution in [1.82, 2.24) is 4.98 Å². The standard InChI is InChI=1S/C23H26N2O3/c1-4-28-21-10-6-5-9-19(21)25-22(27)11-7-8-17-14-20(26)18-13-12-15(2)16(3)23(18)24-17/h5-6,9-10,12-14H,4,7-8,11H2,1-3H3,(H,24,26)(H,25,27). The van der Waals surface area contributed by atoms with Gasteiger partial charge in [0.05, 0.1) is 17.8 Å². The van der Waals surface area contributed by atoms with Crippen LogP contribution in [0, 0.1) is 13.8 Å². The first-order valence-corrected chi connectivity index (χ1v) is 9.63. The van der Waals surface area contributed by atoms with Gasteiger partial charge in [-0.05, 0) is 62.9 Å². The van der Waals surface area contributed by atoms with E-state index < -0.39 is 0 Å². The van der Waals surface area contributed by atoms with E-state index in [0.717, 1.165) is 22.3 Å².